The van der Waals surface area contributed by atoms with Gasteiger partial charge in [-0.25, -0.2) is 0 Å². The lowest BCUT2D eigenvalue weighted by atomic mass is 9.65. The van der Waals surface area contributed by atoms with Gasteiger partial charge < -0.3 is 5.11 Å². The second-order valence-corrected chi connectivity index (χ2v) is 7.06. The number of hydrogen-bond acceptors (Lipinski definition) is 1. The molecule has 1 atom stereocenters. The first-order valence-electron chi connectivity index (χ1n) is 7.55. The van der Waals surface area contributed by atoms with E-state index in [1.807, 2.05) is 0 Å². The van der Waals surface area contributed by atoms with Crippen LogP contribution in [0.3, 0.4) is 0 Å². The number of rotatable bonds is 5. The molecule has 1 aliphatic rings. The zero-order valence-corrected chi connectivity index (χ0v) is 12.6. The molecule has 0 aliphatic heterocycles. The van der Waals surface area contributed by atoms with Crippen LogP contribution in [0.2, 0.25) is 0 Å². The molecule has 0 heterocycles. The number of hydrogen-bond donors (Lipinski definition) is 1. The summed E-state index contributed by atoms with van der Waals surface area (Å²) in [6.45, 7) is 11.5. The van der Waals surface area contributed by atoms with E-state index in [9.17, 15) is 5.11 Å². The Bertz CT molecular complexity index is 224. The summed E-state index contributed by atoms with van der Waals surface area (Å²) in [7, 11) is 0. The third kappa shape index (κ3) is 3.98. The highest BCUT2D eigenvalue weighted by atomic mass is 16.3. The molecule has 1 unspecified atom stereocenters. The molecule has 1 N–H and O–H groups in total. The van der Waals surface area contributed by atoms with Crippen molar-refractivity contribution < 1.29 is 5.11 Å². The Morgan fingerprint density at radius 2 is 1.76 bits per heavy atom. The van der Waals surface area contributed by atoms with Crippen LogP contribution in [0, 0.1) is 17.3 Å². The van der Waals surface area contributed by atoms with Gasteiger partial charge in [-0.05, 0) is 49.4 Å². The zero-order chi connectivity index (χ0) is 13.1. The van der Waals surface area contributed by atoms with Crippen LogP contribution in [0.5, 0.6) is 0 Å². The van der Waals surface area contributed by atoms with Crippen LogP contribution in [-0.4, -0.2) is 10.7 Å². The van der Waals surface area contributed by atoms with E-state index in [0.29, 0.717) is 11.3 Å². The standard InChI is InChI=1S/C16H32O/c1-6-13(3)12-16(17)10-8-14(9-11-16)15(4,5)7-2/h13-14,17H,6-12H2,1-5H3. The van der Waals surface area contributed by atoms with Gasteiger partial charge >= 0.3 is 0 Å². The first-order valence-corrected chi connectivity index (χ1v) is 7.55. The Hall–Kier alpha value is -0.0400. The van der Waals surface area contributed by atoms with E-state index >= 15 is 0 Å². The van der Waals surface area contributed by atoms with Gasteiger partial charge in [-0.3, -0.25) is 0 Å². The minimum Gasteiger partial charge on any atom is -0.390 e. The third-order valence-electron chi connectivity index (χ3n) is 5.36. The van der Waals surface area contributed by atoms with Gasteiger partial charge in [0.15, 0.2) is 0 Å². The lowest BCUT2D eigenvalue weighted by Crippen LogP contribution is -2.39. The minimum absolute atomic E-state index is 0.351. The van der Waals surface area contributed by atoms with E-state index in [2.05, 4.69) is 34.6 Å². The van der Waals surface area contributed by atoms with Gasteiger partial charge in [0, 0.05) is 0 Å². The van der Waals surface area contributed by atoms with Gasteiger partial charge in [0.2, 0.25) is 0 Å². The summed E-state index contributed by atoms with van der Waals surface area (Å²) in [5.74, 6) is 1.47. The van der Waals surface area contributed by atoms with E-state index in [4.69, 9.17) is 0 Å². The molecule has 0 amide bonds. The molecule has 1 aliphatic carbocycles. The van der Waals surface area contributed by atoms with E-state index in [1.54, 1.807) is 0 Å². The quantitative estimate of drug-likeness (QED) is 0.733. The van der Waals surface area contributed by atoms with Crippen LogP contribution in [-0.2, 0) is 0 Å². The molecular formula is C16H32O. The maximum atomic E-state index is 10.6. The molecule has 0 radical (unpaired) electrons. The normalized spacial score (nSPS) is 32.5. The first-order chi connectivity index (χ1) is 7.83. The van der Waals surface area contributed by atoms with Gasteiger partial charge in [0.1, 0.15) is 0 Å². The fraction of sp³-hybridized carbons (Fsp3) is 1.00. The van der Waals surface area contributed by atoms with Crippen molar-refractivity contribution in [2.45, 2.75) is 85.2 Å². The van der Waals surface area contributed by atoms with Crippen LogP contribution in [0.15, 0.2) is 0 Å². The lowest BCUT2D eigenvalue weighted by Gasteiger charge is -2.43. The topological polar surface area (TPSA) is 20.2 Å². The maximum absolute atomic E-state index is 10.6. The molecular weight excluding hydrogens is 208 g/mol. The zero-order valence-electron chi connectivity index (χ0n) is 12.6. The molecule has 1 heteroatoms. The fourth-order valence-electron chi connectivity index (χ4n) is 3.22. The van der Waals surface area contributed by atoms with Gasteiger partial charge in [-0.15, -0.1) is 0 Å². The maximum Gasteiger partial charge on any atom is 0.0650 e. The Labute approximate surface area is 108 Å². The lowest BCUT2D eigenvalue weighted by molar-refractivity contribution is -0.0436. The molecule has 1 nitrogen and oxygen atoms in total. The van der Waals surface area contributed by atoms with Crippen LogP contribution in [0.4, 0.5) is 0 Å². The van der Waals surface area contributed by atoms with E-state index in [-0.39, 0.29) is 5.60 Å². The van der Waals surface area contributed by atoms with Crippen LogP contribution in [0.1, 0.15) is 79.6 Å². The Morgan fingerprint density at radius 1 is 1.24 bits per heavy atom. The summed E-state index contributed by atoms with van der Waals surface area (Å²) in [6, 6.07) is 0. The number of aliphatic hydroxyl groups is 1. The van der Waals surface area contributed by atoms with Crippen LogP contribution < -0.4 is 0 Å². The van der Waals surface area contributed by atoms with Gasteiger partial charge in [-0.2, -0.15) is 0 Å². The third-order valence-corrected chi connectivity index (χ3v) is 5.36. The van der Waals surface area contributed by atoms with Crippen LogP contribution >= 0.6 is 0 Å². The molecule has 1 fully saturated rings. The van der Waals surface area contributed by atoms with Gasteiger partial charge in [-0.1, -0.05) is 47.5 Å². The molecule has 17 heavy (non-hydrogen) atoms. The first kappa shape index (κ1) is 15.0. The van der Waals surface area contributed by atoms with Crippen molar-refractivity contribution in [2.75, 3.05) is 0 Å². The van der Waals surface area contributed by atoms with Crippen molar-refractivity contribution in [1.29, 1.82) is 0 Å². The van der Waals surface area contributed by atoms with Crippen molar-refractivity contribution in [1.82, 2.24) is 0 Å². The summed E-state index contributed by atoms with van der Waals surface area (Å²) in [4.78, 5) is 0. The van der Waals surface area contributed by atoms with E-state index in [1.165, 1.54) is 25.7 Å². The predicted octanol–water partition coefficient (Wildman–Crippen LogP) is 4.78. The molecule has 1 saturated carbocycles. The second-order valence-electron chi connectivity index (χ2n) is 7.06. The Balaban J connectivity index is 2.49. The van der Waals surface area contributed by atoms with E-state index < -0.39 is 0 Å². The van der Waals surface area contributed by atoms with Crippen LogP contribution in [0.25, 0.3) is 0 Å². The summed E-state index contributed by atoms with van der Waals surface area (Å²) >= 11 is 0. The summed E-state index contributed by atoms with van der Waals surface area (Å²) in [5.41, 5.74) is 0.105. The summed E-state index contributed by atoms with van der Waals surface area (Å²) < 4.78 is 0. The molecule has 0 bridgehead atoms. The smallest absolute Gasteiger partial charge is 0.0650 e. The van der Waals surface area contributed by atoms with Gasteiger partial charge in [0.25, 0.3) is 0 Å². The highest BCUT2D eigenvalue weighted by Gasteiger charge is 2.38. The SMILES string of the molecule is CCC(C)CC1(O)CCC(C(C)(C)CC)CC1. The summed E-state index contributed by atoms with van der Waals surface area (Å²) in [6.07, 6.45) is 7.91. The van der Waals surface area contributed by atoms with Crippen molar-refractivity contribution in [3.8, 4) is 0 Å². The molecule has 0 spiro atoms. The van der Waals surface area contributed by atoms with Gasteiger partial charge in [0.05, 0.1) is 5.60 Å². The molecule has 0 aromatic heterocycles. The van der Waals surface area contributed by atoms with Crippen molar-refractivity contribution in [3.63, 3.8) is 0 Å². The largest absolute Gasteiger partial charge is 0.390 e. The predicted molar refractivity (Wildman–Crippen MR) is 75.1 cm³/mol. The molecule has 0 aromatic carbocycles. The molecule has 1 rings (SSSR count). The summed E-state index contributed by atoms with van der Waals surface area (Å²) in [5, 5.41) is 10.6. The van der Waals surface area contributed by atoms with Crippen molar-refractivity contribution in [3.05, 3.63) is 0 Å². The average molecular weight is 240 g/mol. The Kier molecular flexibility index (Phi) is 5.07. The molecule has 0 aromatic rings. The minimum atomic E-state index is -0.351. The van der Waals surface area contributed by atoms with Crippen molar-refractivity contribution in [2.24, 2.45) is 17.3 Å². The highest BCUT2D eigenvalue weighted by Crippen LogP contribution is 2.45. The fourth-order valence-corrected chi connectivity index (χ4v) is 3.22. The highest BCUT2D eigenvalue weighted by molar-refractivity contribution is 4.90. The van der Waals surface area contributed by atoms with Crippen molar-refractivity contribution >= 4 is 0 Å². The van der Waals surface area contributed by atoms with E-state index in [0.717, 1.165) is 25.2 Å². The monoisotopic (exact) mass is 240 g/mol. The Morgan fingerprint density at radius 3 is 2.18 bits per heavy atom. The molecule has 0 saturated heterocycles. The average Bonchev–Trinajstić information content (AvgIpc) is 2.29. The second kappa shape index (κ2) is 5.73. The molecule has 102 valence electrons.